The van der Waals surface area contributed by atoms with Crippen LogP contribution in [0.4, 0.5) is 4.39 Å². The van der Waals surface area contributed by atoms with Crippen molar-refractivity contribution in [3.05, 3.63) is 71.5 Å². The Labute approximate surface area is 168 Å². The van der Waals surface area contributed by atoms with Gasteiger partial charge in [-0.05, 0) is 82.3 Å². The molecule has 2 aromatic rings. The number of nitrogens with zero attached hydrogens (tertiary/aromatic N) is 1. The maximum Gasteiger partial charge on any atom is 0.123 e. The lowest BCUT2D eigenvalue weighted by Crippen LogP contribution is -2.52. The molecule has 4 heteroatoms. The van der Waals surface area contributed by atoms with Gasteiger partial charge in [-0.3, -0.25) is 0 Å². The number of likely N-dealkylation sites (N-methyl/N-ethyl adjacent to an activating group) is 1. The van der Waals surface area contributed by atoms with Gasteiger partial charge in [0.1, 0.15) is 5.82 Å². The summed E-state index contributed by atoms with van der Waals surface area (Å²) in [6.07, 6.45) is 6.01. The van der Waals surface area contributed by atoms with Gasteiger partial charge < -0.3 is 10.0 Å². The molecule has 0 heterocycles. The van der Waals surface area contributed by atoms with Gasteiger partial charge in [-0.2, -0.15) is 0 Å². The highest BCUT2D eigenvalue weighted by Gasteiger charge is 2.42. The summed E-state index contributed by atoms with van der Waals surface area (Å²) in [4.78, 5) is 2.27. The maximum atomic E-state index is 13.6. The molecule has 148 valence electrons. The zero-order chi connectivity index (χ0) is 18.6. The Morgan fingerprint density at radius 2 is 1.56 bits per heavy atom. The molecule has 0 unspecified atom stereocenters. The summed E-state index contributed by atoms with van der Waals surface area (Å²) in [6, 6.07) is 17.3. The van der Waals surface area contributed by atoms with Gasteiger partial charge in [-0.25, -0.2) is 4.39 Å². The first-order chi connectivity index (χ1) is 12.4. The molecule has 0 bridgehead atoms. The fourth-order valence-electron chi connectivity index (χ4n) is 4.26. The Kier molecular flexibility index (Phi) is 7.44. The quantitative estimate of drug-likeness (QED) is 0.746. The monoisotopic (exact) mass is 391 g/mol. The maximum absolute atomic E-state index is 13.6. The minimum absolute atomic E-state index is 0. The summed E-state index contributed by atoms with van der Waals surface area (Å²) in [7, 11) is 4.21. The molecule has 0 spiro atoms. The van der Waals surface area contributed by atoms with E-state index < -0.39 is 5.60 Å². The predicted molar refractivity (Wildman–Crippen MR) is 112 cm³/mol. The highest BCUT2D eigenvalue weighted by Crippen LogP contribution is 2.41. The van der Waals surface area contributed by atoms with Gasteiger partial charge in [0.15, 0.2) is 0 Å². The average Bonchev–Trinajstić information content (AvgIpc) is 2.63. The van der Waals surface area contributed by atoms with Crippen LogP contribution in [-0.4, -0.2) is 35.2 Å². The molecule has 1 aliphatic rings. The molecule has 0 saturated heterocycles. The van der Waals surface area contributed by atoms with Gasteiger partial charge in [0.2, 0.25) is 0 Å². The Morgan fingerprint density at radius 1 is 0.926 bits per heavy atom. The molecule has 1 fully saturated rings. The molecule has 27 heavy (non-hydrogen) atoms. The number of benzene rings is 2. The van der Waals surface area contributed by atoms with Crippen molar-refractivity contribution in [3.63, 3.8) is 0 Å². The lowest BCUT2D eigenvalue weighted by Gasteiger charge is -2.48. The van der Waals surface area contributed by atoms with E-state index >= 15 is 0 Å². The smallest absolute Gasteiger partial charge is 0.123 e. The van der Waals surface area contributed by atoms with E-state index in [0.29, 0.717) is 0 Å². The average molecular weight is 392 g/mol. The van der Waals surface area contributed by atoms with Gasteiger partial charge in [0.05, 0.1) is 5.60 Å². The highest BCUT2D eigenvalue weighted by atomic mass is 35.5. The van der Waals surface area contributed by atoms with Crippen molar-refractivity contribution in [1.29, 1.82) is 0 Å². The van der Waals surface area contributed by atoms with Gasteiger partial charge in [-0.15, -0.1) is 12.4 Å². The predicted octanol–water partition coefficient (Wildman–Crippen LogP) is 5.03. The van der Waals surface area contributed by atoms with Crippen LogP contribution in [0.5, 0.6) is 0 Å². The molecule has 3 rings (SSSR count). The van der Waals surface area contributed by atoms with Crippen LogP contribution in [0.15, 0.2) is 54.6 Å². The van der Waals surface area contributed by atoms with E-state index in [9.17, 15) is 9.50 Å². The van der Waals surface area contributed by atoms with E-state index in [0.717, 1.165) is 50.5 Å². The van der Waals surface area contributed by atoms with Crippen molar-refractivity contribution in [2.45, 2.75) is 56.1 Å². The summed E-state index contributed by atoms with van der Waals surface area (Å²) in [5.74, 6) is -0.174. The van der Waals surface area contributed by atoms with Gasteiger partial charge in [0.25, 0.3) is 0 Å². The van der Waals surface area contributed by atoms with Crippen LogP contribution in [0, 0.1) is 5.82 Å². The molecule has 0 amide bonds. The van der Waals surface area contributed by atoms with Crippen molar-refractivity contribution in [3.8, 4) is 0 Å². The minimum Gasteiger partial charge on any atom is -0.390 e. The van der Waals surface area contributed by atoms with Crippen LogP contribution in [-0.2, 0) is 12.8 Å². The third-order valence-electron chi connectivity index (χ3n) is 6.20. The van der Waals surface area contributed by atoms with Crippen molar-refractivity contribution in [2.24, 2.45) is 0 Å². The Bertz CT molecular complexity index is 711. The summed E-state index contributed by atoms with van der Waals surface area (Å²) in [5.41, 5.74) is 1.72. The largest absolute Gasteiger partial charge is 0.390 e. The van der Waals surface area contributed by atoms with Crippen LogP contribution in [0.1, 0.15) is 43.2 Å². The number of aryl methyl sites for hydroxylation is 1. The molecule has 2 nitrogen and oxygen atoms in total. The molecule has 2 aromatic carbocycles. The fraction of sp³-hybridized carbons (Fsp3) is 0.478. The van der Waals surface area contributed by atoms with E-state index in [2.05, 4.69) is 43.3 Å². The molecule has 1 saturated carbocycles. The summed E-state index contributed by atoms with van der Waals surface area (Å²) in [6.45, 7) is 0. The van der Waals surface area contributed by atoms with Gasteiger partial charge in [0, 0.05) is 5.54 Å². The van der Waals surface area contributed by atoms with Crippen LogP contribution in [0.25, 0.3) is 0 Å². The van der Waals surface area contributed by atoms with Crippen molar-refractivity contribution < 1.29 is 9.50 Å². The Hall–Kier alpha value is -1.42. The first-order valence-electron chi connectivity index (χ1n) is 9.59. The SMILES string of the molecule is CN(C)C1(Cc2cccc(F)c2)CCC(O)(CCc2ccccc2)CC1.Cl. The number of aliphatic hydroxyl groups is 1. The number of hydrogen-bond acceptors (Lipinski definition) is 2. The van der Waals surface area contributed by atoms with E-state index in [1.54, 1.807) is 12.1 Å². The molecule has 0 atom stereocenters. The number of rotatable bonds is 6. The number of halogens is 2. The van der Waals surface area contributed by atoms with E-state index in [4.69, 9.17) is 0 Å². The summed E-state index contributed by atoms with van der Waals surface area (Å²) < 4.78 is 13.6. The van der Waals surface area contributed by atoms with Crippen molar-refractivity contribution >= 4 is 12.4 Å². The van der Waals surface area contributed by atoms with Crippen molar-refractivity contribution in [1.82, 2.24) is 4.90 Å². The molecular weight excluding hydrogens is 361 g/mol. The molecule has 0 aromatic heterocycles. The normalized spacial score (nSPS) is 25.2. The van der Waals surface area contributed by atoms with Crippen LogP contribution in [0.2, 0.25) is 0 Å². The lowest BCUT2D eigenvalue weighted by molar-refractivity contribution is -0.0490. The second-order valence-electron chi connectivity index (χ2n) is 8.14. The topological polar surface area (TPSA) is 23.5 Å². The lowest BCUT2D eigenvalue weighted by atomic mass is 9.69. The first kappa shape index (κ1) is 21.9. The van der Waals surface area contributed by atoms with Crippen LogP contribution < -0.4 is 0 Å². The Balaban J connectivity index is 0.00000261. The zero-order valence-corrected chi connectivity index (χ0v) is 17.1. The Morgan fingerprint density at radius 3 is 2.15 bits per heavy atom. The van der Waals surface area contributed by atoms with Gasteiger partial charge >= 0.3 is 0 Å². The van der Waals surface area contributed by atoms with Gasteiger partial charge in [-0.1, -0.05) is 42.5 Å². The van der Waals surface area contributed by atoms with E-state index in [1.807, 2.05) is 12.1 Å². The second-order valence-corrected chi connectivity index (χ2v) is 8.14. The van der Waals surface area contributed by atoms with E-state index in [1.165, 1.54) is 11.6 Å². The molecule has 1 N–H and O–H groups in total. The minimum atomic E-state index is -0.586. The standard InChI is InChI=1S/C23H30FNO.ClH/c1-25(2)22(18-20-9-6-10-21(24)17-20)13-15-23(26,16-14-22)12-11-19-7-4-3-5-8-19;/h3-10,17,26H,11-16,18H2,1-2H3;1H. The molecule has 0 radical (unpaired) electrons. The van der Waals surface area contributed by atoms with Crippen molar-refractivity contribution in [2.75, 3.05) is 14.1 Å². The molecule has 0 aliphatic heterocycles. The zero-order valence-electron chi connectivity index (χ0n) is 16.3. The summed E-state index contributed by atoms with van der Waals surface area (Å²) >= 11 is 0. The highest BCUT2D eigenvalue weighted by molar-refractivity contribution is 5.85. The van der Waals surface area contributed by atoms with Crippen LogP contribution >= 0.6 is 12.4 Å². The first-order valence-corrected chi connectivity index (χ1v) is 9.59. The molecule has 1 aliphatic carbocycles. The number of hydrogen-bond donors (Lipinski definition) is 1. The van der Waals surface area contributed by atoms with Crippen LogP contribution in [0.3, 0.4) is 0 Å². The molecular formula is C23H31ClFNO. The fourth-order valence-corrected chi connectivity index (χ4v) is 4.26. The third kappa shape index (κ3) is 5.54. The second kappa shape index (κ2) is 9.18. The third-order valence-corrected chi connectivity index (χ3v) is 6.20. The van der Waals surface area contributed by atoms with E-state index in [-0.39, 0.29) is 23.8 Å². The summed E-state index contributed by atoms with van der Waals surface area (Å²) in [5, 5.41) is 11.1.